The Labute approximate surface area is 77.7 Å². The second-order valence-electron chi connectivity index (χ2n) is 2.87. The van der Waals surface area contributed by atoms with Gasteiger partial charge in [0.25, 0.3) is 0 Å². The first-order chi connectivity index (χ1) is 5.72. The molecule has 0 spiro atoms. The molecule has 12 heavy (non-hydrogen) atoms. The Balaban J connectivity index is 3.43. The number of rotatable bonds is 7. The molecular weight excluding hydrogens is 172 g/mol. The minimum atomic E-state index is -1.04. The molecule has 4 heteroatoms. The lowest BCUT2D eigenvalue weighted by Crippen LogP contribution is -2.35. The maximum Gasteiger partial charge on any atom is 0.109 e. The molecule has 0 bridgehead atoms. The molecule has 3 N–H and O–H groups in total. The van der Waals surface area contributed by atoms with Gasteiger partial charge in [-0.2, -0.15) is 0 Å². The zero-order chi connectivity index (χ0) is 9.40. The van der Waals surface area contributed by atoms with Crippen molar-refractivity contribution in [2.24, 2.45) is 5.73 Å². The summed E-state index contributed by atoms with van der Waals surface area (Å²) in [6.07, 6.45) is 3.99. The Bertz CT molecular complexity index is 130. The van der Waals surface area contributed by atoms with Crippen LogP contribution in [0.4, 0.5) is 0 Å². The highest BCUT2D eigenvalue weighted by Gasteiger charge is 2.08. The van der Waals surface area contributed by atoms with E-state index in [1.807, 2.05) is 6.92 Å². The predicted molar refractivity (Wildman–Crippen MR) is 53.9 cm³/mol. The molecule has 0 rings (SSSR count). The first-order valence-electron chi connectivity index (χ1n) is 4.62. The fourth-order valence-corrected chi connectivity index (χ4v) is 1.86. The Kier molecular flexibility index (Phi) is 7.75. The molecular formula is C8H20N2OS. The molecule has 0 aliphatic carbocycles. The lowest BCUT2D eigenvalue weighted by molar-refractivity contribution is 0.639. The molecule has 3 nitrogen and oxygen atoms in total. The van der Waals surface area contributed by atoms with Gasteiger partial charge in [0.2, 0.25) is 0 Å². The smallest absolute Gasteiger partial charge is 0.109 e. The molecule has 0 aromatic rings. The number of nitrogens with one attached hydrogen (secondary N) is 1. The summed E-state index contributed by atoms with van der Waals surface area (Å²) in [5.41, 5.74) is 5.65. The lowest BCUT2D eigenvalue weighted by atomic mass is 10.3. The van der Waals surface area contributed by atoms with Crippen molar-refractivity contribution in [2.75, 3.05) is 6.54 Å². The fourth-order valence-electron chi connectivity index (χ4n) is 0.848. The summed E-state index contributed by atoms with van der Waals surface area (Å²) in [7, 11) is -1.04. The molecule has 0 aromatic heterocycles. The number of hydrogen-bond acceptors (Lipinski definition) is 2. The fraction of sp³-hybridized carbons (Fsp3) is 1.00. The molecule has 2 unspecified atom stereocenters. The Morgan fingerprint density at radius 3 is 2.58 bits per heavy atom. The van der Waals surface area contributed by atoms with Gasteiger partial charge in [0.05, 0.1) is 5.37 Å². The van der Waals surface area contributed by atoms with Crippen LogP contribution in [0, 0.1) is 0 Å². The van der Waals surface area contributed by atoms with Gasteiger partial charge in [0.1, 0.15) is 11.0 Å². The van der Waals surface area contributed by atoms with Crippen LogP contribution in [-0.2, 0) is 11.0 Å². The van der Waals surface area contributed by atoms with Crippen molar-refractivity contribution in [1.82, 2.24) is 4.72 Å². The second kappa shape index (κ2) is 7.71. The average Bonchev–Trinajstić information content (AvgIpc) is 2.05. The maximum atomic E-state index is 11.3. The van der Waals surface area contributed by atoms with Crippen LogP contribution in [0.25, 0.3) is 0 Å². The molecule has 0 saturated heterocycles. The van der Waals surface area contributed by atoms with Gasteiger partial charge < -0.3 is 5.73 Å². The summed E-state index contributed by atoms with van der Waals surface area (Å²) in [6.45, 7) is 4.96. The number of nitrogens with two attached hydrogens (primary N) is 1. The Hall–Kier alpha value is 0.0700. The van der Waals surface area contributed by atoms with Crippen LogP contribution >= 0.6 is 0 Å². The van der Waals surface area contributed by atoms with Crippen LogP contribution in [0.5, 0.6) is 0 Å². The molecule has 2 atom stereocenters. The van der Waals surface area contributed by atoms with E-state index >= 15 is 0 Å². The van der Waals surface area contributed by atoms with Crippen molar-refractivity contribution in [1.29, 1.82) is 0 Å². The highest BCUT2D eigenvalue weighted by atomic mass is 32.2. The summed E-state index contributed by atoms with van der Waals surface area (Å²) in [4.78, 5) is 0. The summed E-state index contributed by atoms with van der Waals surface area (Å²) in [6, 6.07) is 0. The van der Waals surface area contributed by atoms with Crippen LogP contribution in [0.3, 0.4) is 0 Å². The lowest BCUT2D eigenvalue weighted by Gasteiger charge is -2.10. The standard InChI is InChI=1S/C8H20N2OS/c1-3-5-7-10-12(11)8(9)6-4-2/h8,10H,3-7,9H2,1-2H3. The monoisotopic (exact) mass is 192 g/mol. The van der Waals surface area contributed by atoms with E-state index < -0.39 is 11.0 Å². The van der Waals surface area contributed by atoms with Crippen LogP contribution in [0.1, 0.15) is 39.5 Å². The van der Waals surface area contributed by atoms with Gasteiger partial charge in [-0.1, -0.05) is 26.7 Å². The van der Waals surface area contributed by atoms with Crippen molar-refractivity contribution in [3.8, 4) is 0 Å². The first-order valence-corrected chi connectivity index (χ1v) is 5.83. The SMILES string of the molecule is CCCCNS(=O)C(N)CCC. The Morgan fingerprint density at radius 2 is 2.08 bits per heavy atom. The van der Waals surface area contributed by atoms with E-state index in [-0.39, 0.29) is 5.37 Å². The third-order valence-electron chi connectivity index (χ3n) is 1.62. The number of unbranched alkanes of at least 4 members (excludes halogenated alkanes) is 1. The van der Waals surface area contributed by atoms with Gasteiger partial charge in [-0.05, 0) is 12.8 Å². The molecule has 0 aromatic carbocycles. The molecule has 0 saturated carbocycles. The van der Waals surface area contributed by atoms with Gasteiger partial charge in [-0.3, -0.25) is 0 Å². The van der Waals surface area contributed by atoms with E-state index in [0.717, 1.165) is 32.2 Å². The van der Waals surface area contributed by atoms with Crippen molar-refractivity contribution in [3.63, 3.8) is 0 Å². The highest BCUT2D eigenvalue weighted by Crippen LogP contribution is 1.96. The molecule has 0 heterocycles. The highest BCUT2D eigenvalue weighted by molar-refractivity contribution is 7.83. The van der Waals surface area contributed by atoms with E-state index in [2.05, 4.69) is 11.6 Å². The minimum absolute atomic E-state index is 0.202. The van der Waals surface area contributed by atoms with Gasteiger partial charge >= 0.3 is 0 Å². The normalized spacial score (nSPS) is 15.9. The van der Waals surface area contributed by atoms with E-state index in [9.17, 15) is 4.21 Å². The Morgan fingerprint density at radius 1 is 1.42 bits per heavy atom. The summed E-state index contributed by atoms with van der Waals surface area (Å²) in [5, 5.41) is -0.202. The second-order valence-corrected chi connectivity index (χ2v) is 4.36. The van der Waals surface area contributed by atoms with Crippen molar-refractivity contribution >= 4 is 11.0 Å². The van der Waals surface area contributed by atoms with E-state index in [1.54, 1.807) is 0 Å². The third kappa shape index (κ3) is 5.69. The van der Waals surface area contributed by atoms with Crippen molar-refractivity contribution < 1.29 is 4.21 Å². The summed E-state index contributed by atoms with van der Waals surface area (Å²) >= 11 is 0. The topological polar surface area (TPSA) is 55.1 Å². The quantitative estimate of drug-likeness (QED) is 0.594. The van der Waals surface area contributed by atoms with Crippen molar-refractivity contribution in [3.05, 3.63) is 0 Å². The first kappa shape index (κ1) is 12.1. The van der Waals surface area contributed by atoms with E-state index in [1.165, 1.54) is 0 Å². The summed E-state index contributed by atoms with van der Waals surface area (Å²) in [5.74, 6) is 0. The van der Waals surface area contributed by atoms with Crippen molar-refractivity contribution in [2.45, 2.75) is 44.9 Å². The predicted octanol–water partition coefficient (Wildman–Crippen LogP) is 1.12. The van der Waals surface area contributed by atoms with Gasteiger partial charge in [0, 0.05) is 6.54 Å². The molecule has 0 fully saturated rings. The third-order valence-corrected chi connectivity index (χ3v) is 2.90. The van der Waals surface area contributed by atoms with Gasteiger partial charge in [-0.25, -0.2) is 8.93 Å². The van der Waals surface area contributed by atoms with E-state index in [0.29, 0.717) is 0 Å². The average molecular weight is 192 g/mol. The maximum absolute atomic E-state index is 11.3. The largest absolute Gasteiger partial charge is 0.316 e. The van der Waals surface area contributed by atoms with Crippen LogP contribution in [0.15, 0.2) is 0 Å². The molecule has 0 amide bonds. The zero-order valence-corrected chi connectivity index (χ0v) is 8.82. The van der Waals surface area contributed by atoms with Gasteiger partial charge in [0.15, 0.2) is 0 Å². The van der Waals surface area contributed by atoms with Gasteiger partial charge in [-0.15, -0.1) is 0 Å². The zero-order valence-electron chi connectivity index (χ0n) is 8.01. The molecule has 0 aliphatic heterocycles. The molecule has 0 radical (unpaired) electrons. The van der Waals surface area contributed by atoms with Crippen LogP contribution < -0.4 is 10.5 Å². The number of hydrogen-bond donors (Lipinski definition) is 2. The summed E-state index contributed by atoms with van der Waals surface area (Å²) < 4.78 is 14.2. The van der Waals surface area contributed by atoms with Crippen LogP contribution in [0.2, 0.25) is 0 Å². The van der Waals surface area contributed by atoms with E-state index in [4.69, 9.17) is 5.73 Å². The molecule has 0 aliphatic rings. The molecule has 74 valence electrons. The van der Waals surface area contributed by atoms with Crippen LogP contribution in [-0.4, -0.2) is 16.1 Å². The minimum Gasteiger partial charge on any atom is -0.316 e.